The molecule has 1 aromatic rings. The number of carbonyl (C=O) groups is 2. The molecule has 0 atom stereocenters. The zero-order valence-corrected chi connectivity index (χ0v) is 14.7. The van der Waals surface area contributed by atoms with Crippen LogP contribution in [-0.4, -0.2) is 42.5 Å². The summed E-state index contributed by atoms with van der Waals surface area (Å²) in [6.07, 6.45) is 3.42. The number of hydrogen-bond donors (Lipinski definition) is 1. The van der Waals surface area contributed by atoms with Crippen LogP contribution in [0.2, 0.25) is 0 Å². The molecule has 0 saturated carbocycles. The predicted molar refractivity (Wildman–Crippen MR) is 93.9 cm³/mol. The Labute approximate surface area is 144 Å². The summed E-state index contributed by atoms with van der Waals surface area (Å²) in [7, 11) is 0. The van der Waals surface area contributed by atoms with Gasteiger partial charge in [0.05, 0.1) is 6.61 Å². The highest BCUT2D eigenvalue weighted by Gasteiger charge is 2.22. The Kier molecular flexibility index (Phi) is 7.09. The first-order chi connectivity index (χ1) is 11.6. The number of rotatable bonds is 7. The van der Waals surface area contributed by atoms with E-state index in [0.29, 0.717) is 25.9 Å². The van der Waals surface area contributed by atoms with E-state index < -0.39 is 0 Å². The minimum atomic E-state index is 0.0720. The molecule has 0 bridgehead atoms. The first-order valence-corrected chi connectivity index (χ1v) is 8.85. The van der Waals surface area contributed by atoms with Gasteiger partial charge in [-0.05, 0) is 38.3 Å². The van der Waals surface area contributed by atoms with E-state index in [-0.39, 0.29) is 17.9 Å². The number of benzene rings is 1. The number of carbonyl (C=O) groups excluding carboxylic acids is 2. The van der Waals surface area contributed by atoms with Gasteiger partial charge in [-0.15, -0.1) is 0 Å². The molecule has 5 nitrogen and oxygen atoms in total. The highest BCUT2D eigenvalue weighted by molar-refractivity contribution is 5.77. The number of amides is 2. The van der Waals surface area contributed by atoms with Crippen LogP contribution >= 0.6 is 0 Å². The van der Waals surface area contributed by atoms with Gasteiger partial charge in [0.25, 0.3) is 0 Å². The van der Waals surface area contributed by atoms with Gasteiger partial charge in [0.15, 0.2) is 0 Å². The van der Waals surface area contributed by atoms with Gasteiger partial charge in [-0.3, -0.25) is 9.59 Å². The third kappa shape index (κ3) is 5.87. The Morgan fingerprint density at radius 1 is 1.21 bits per heavy atom. The molecule has 1 heterocycles. The molecule has 2 rings (SSSR count). The largest absolute Gasteiger partial charge is 0.494 e. The summed E-state index contributed by atoms with van der Waals surface area (Å²) in [4.78, 5) is 25.5. The molecular weight excluding hydrogens is 304 g/mol. The van der Waals surface area contributed by atoms with Crippen LogP contribution in [0.4, 0.5) is 0 Å². The molecule has 0 aromatic heterocycles. The van der Waals surface area contributed by atoms with Crippen LogP contribution in [0.3, 0.4) is 0 Å². The first-order valence-electron chi connectivity index (χ1n) is 8.85. The Morgan fingerprint density at radius 2 is 1.88 bits per heavy atom. The van der Waals surface area contributed by atoms with E-state index in [1.165, 1.54) is 5.56 Å². The fourth-order valence-corrected chi connectivity index (χ4v) is 2.85. The van der Waals surface area contributed by atoms with Crippen LogP contribution in [0.15, 0.2) is 24.3 Å². The van der Waals surface area contributed by atoms with Crippen molar-refractivity contribution in [3.8, 4) is 5.75 Å². The standard InChI is InChI=1S/C19H28N2O3/c1-3-19(23)21-12-10-16(11-13-21)20-18(22)5-4-14-24-17-8-6-15(2)7-9-17/h6-9,16H,3-5,10-14H2,1-2H3,(H,20,22). The molecule has 24 heavy (non-hydrogen) atoms. The zero-order valence-electron chi connectivity index (χ0n) is 14.7. The maximum atomic E-state index is 12.0. The molecule has 0 spiro atoms. The SMILES string of the molecule is CCC(=O)N1CCC(NC(=O)CCCOc2ccc(C)cc2)CC1. The highest BCUT2D eigenvalue weighted by Crippen LogP contribution is 2.13. The number of hydrogen-bond acceptors (Lipinski definition) is 3. The minimum absolute atomic E-state index is 0.0720. The molecule has 2 amide bonds. The lowest BCUT2D eigenvalue weighted by Gasteiger charge is -2.32. The number of ether oxygens (including phenoxy) is 1. The normalized spacial score (nSPS) is 15.2. The number of piperidine rings is 1. The monoisotopic (exact) mass is 332 g/mol. The van der Waals surface area contributed by atoms with Crippen molar-refractivity contribution in [2.45, 2.75) is 52.0 Å². The molecule has 1 fully saturated rings. The van der Waals surface area contributed by atoms with Crippen molar-refractivity contribution < 1.29 is 14.3 Å². The molecule has 1 saturated heterocycles. The topological polar surface area (TPSA) is 58.6 Å². The second-order valence-corrected chi connectivity index (χ2v) is 6.34. The Hall–Kier alpha value is -2.04. The van der Waals surface area contributed by atoms with Gasteiger partial charge in [-0.25, -0.2) is 0 Å². The summed E-state index contributed by atoms with van der Waals surface area (Å²) in [6.45, 7) is 5.95. The maximum Gasteiger partial charge on any atom is 0.222 e. The molecule has 0 unspecified atom stereocenters. The second kappa shape index (κ2) is 9.30. The van der Waals surface area contributed by atoms with Crippen molar-refractivity contribution >= 4 is 11.8 Å². The number of aryl methyl sites for hydroxylation is 1. The van der Waals surface area contributed by atoms with Gasteiger partial charge < -0.3 is 15.0 Å². The van der Waals surface area contributed by atoms with Crippen LogP contribution in [0.1, 0.15) is 44.6 Å². The quantitative estimate of drug-likeness (QED) is 0.781. The van der Waals surface area contributed by atoms with E-state index in [1.54, 1.807) is 0 Å². The smallest absolute Gasteiger partial charge is 0.222 e. The van der Waals surface area contributed by atoms with Crippen molar-refractivity contribution in [1.82, 2.24) is 10.2 Å². The van der Waals surface area contributed by atoms with Crippen LogP contribution < -0.4 is 10.1 Å². The number of nitrogens with zero attached hydrogens (tertiary/aromatic N) is 1. The van der Waals surface area contributed by atoms with Crippen molar-refractivity contribution in [2.24, 2.45) is 0 Å². The van der Waals surface area contributed by atoms with Crippen molar-refractivity contribution in [2.75, 3.05) is 19.7 Å². The highest BCUT2D eigenvalue weighted by atomic mass is 16.5. The van der Waals surface area contributed by atoms with E-state index in [4.69, 9.17) is 4.74 Å². The molecule has 132 valence electrons. The van der Waals surface area contributed by atoms with Crippen LogP contribution in [-0.2, 0) is 9.59 Å². The Bertz CT molecular complexity index is 534. The summed E-state index contributed by atoms with van der Waals surface area (Å²) in [5, 5.41) is 3.07. The molecule has 1 aliphatic rings. The Morgan fingerprint density at radius 3 is 2.50 bits per heavy atom. The van der Waals surface area contributed by atoms with E-state index in [0.717, 1.165) is 31.7 Å². The Balaban J connectivity index is 1.58. The average molecular weight is 332 g/mol. The lowest BCUT2D eigenvalue weighted by molar-refractivity contribution is -0.132. The minimum Gasteiger partial charge on any atom is -0.494 e. The van der Waals surface area contributed by atoms with Gasteiger partial charge in [0.2, 0.25) is 11.8 Å². The predicted octanol–water partition coefficient (Wildman–Crippen LogP) is 2.67. The van der Waals surface area contributed by atoms with E-state index >= 15 is 0 Å². The van der Waals surface area contributed by atoms with Crippen LogP contribution in [0.5, 0.6) is 5.75 Å². The maximum absolute atomic E-state index is 12.0. The summed E-state index contributed by atoms with van der Waals surface area (Å²) in [5.41, 5.74) is 1.20. The number of likely N-dealkylation sites (tertiary alicyclic amines) is 1. The second-order valence-electron chi connectivity index (χ2n) is 6.34. The number of nitrogens with one attached hydrogen (secondary N) is 1. The summed E-state index contributed by atoms with van der Waals surface area (Å²) in [6, 6.07) is 8.10. The van der Waals surface area contributed by atoms with E-state index in [2.05, 4.69) is 5.32 Å². The summed E-state index contributed by atoms with van der Waals surface area (Å²) >= 11 is 0. The fraction of sp³-hybridized carbons (Fsp3) is 0.579. The van der Waals surface area contributed by atoms with Gasteiger partial charge in [-0.1, -0.05) is 24.6 Å². The van der Waals surface area contributed by atoms with Crippen LogP contribution in [0.25, 0.3) is 0 Å². The van der Waals surface area contributed by atoms with Gasteiger partial charge in [-0.2, -0.15) is 0 Å². The molecular formula is C19H28N2O3. The fourth-order valence-electron chi connectivity index (χ4n) is 2.85. The van der Waals surface area contributed by atoms with Gasteiger partial charge in [0.1, 0.15) is 5.75 Å². The van der Waals surface area contributed by atoms with Crippen molar-refractivity contribution in [3.63, 3.8) is 0 Å². The lowest BCUT2D eigenvalue weighted by atomic mass is 10.0. The molecule has 1 aliphatic heterocycles. The summed E-state index contributed by atoms with van der Waals surface area (Å²) in [5.74, 6) is 1.12. The third-order valence-corrected chi connectivity index (χ3v) is 4.35. The van der Waals surface area contributed by atoms with E-state index in [9.17, 15) is 9.59 Å². The van der Waals surface area contributed by atoms with Gasteiger partial charge in [0, 0.05) is 32.0 Å². The molecule has 0 aliphatic carbocycles. The zero-order chi connectivity index (χ0) is 17.4. The third-order valence-electron chi connectivity index (χ3n) is 4.35. The van der Waals surface area contributed by atoms with Crippen molar-refractivity contribution in [1.29, 1.82) is 0 Å². The molecule has 5 heteroatoms. The lowest BCUT2D eigenvalue weighted by Crippen LogP contribution is -2.46. The van der Waals surface area contributed by atoms with Crippen molar-refractivity contribution in [3.05, 3.63) is 29.8 Å². The average Bonchev–Trinajstić information content (AvgIpc) is 2.60. The van der Waals surface area contributed by atoms with Crippen LogP contribution in [0, 0.1) is 6.92 Å². The molecule has 0 radical (unpaired) electrons. The van der Waals surface area contributed by atoms with E-state index in [1.807, 2.05) is 43.0 Å². The van der Waals surface area contributed by atoms with Gasteiger partial charge >= 0.3 is 0 Å². The molecule has 1 aromatic carbocycles. The first kappa shape index (κ1) is 18.3. The summed E-state index contributed by atoms with van der Waals surface area (Å²) < 4.78 is 5.63. The molecule has 1 N–H and O–H groups in total.